The molecule has 0 radical (unpaired) electrons. The van der Waals surface area contributed by atoms with Crippen LogP contribution >= 0.6 is 22.7 Å². The maximum Gasteiger partial charge on any atom is 0.191 e. The molecule has 0 saturated heterocycles. The zero-order valence-corrected chi connectivity index (χ0v) is 10.5. The highest BCUT2D eigenvalue weighted by atomic mass is 32.1. The number of hydrogen-bond acceptors (Lipinski definition) is 5. The second-order valence-corrected chi connectivity index (χ2v) is 5.44. The highest BCUT2D eigenvalue weighted by Gasteiger charge is 2.15. The van der Waals surface area contributed by atoms with E-state index < -0.39 is 0 Å². The third-order valence-corrected chi connectivity index (χ3v) is 4.21. The number of hydrogen-bond donors (Lipinski definition) is 2. The van der Waals surface area contributed by atoms with Gasteiger partial charge in [-0.25, -0.2) is 4.98 Å². The molecule has 4 nitrogen and oxygen atoms in total. The molecule has 3 aromatic heterocycles. The van der Waals surface area contributed by atoms with Crippen LogP contribution in [-0.4, -0.2) is 15.2 Å². The lowest BCUT2D eigenvalue weighted by atomic mass is 10.2. The van der Waals surface area contributed by atoms with Crippen LogP contribution in [0.2, 0.25) is 0 Å². The molecule has 1 atom stereocenters. The minimum absolute atomic E-state index is 0.226. The molecule has 0 fully saturated rings. The van der Waals surface area contributed by atoms with Gasteiger partial charge >= 0.3 is 0 Å². The number of aromatic amines is 1. The van der Waals surface area contributed by atoms with E-state index in [1.165, 1.54) is 0 Å². The van der Waals surface area contributed by atoms with Crippen molar-refractivity contribution in [3.05, 3.63) is 45.7 Å². The number of thiophene rings is 2. The number of nitrogens with two attached hydrogens (primary N) is 1. The fourth-order valence-corrected chi connectivity index (χ4v) is 2.92. The molecule has 86 valence electrons. The third kappa shape index (κ3) is 2.02. The lowest BCUT2D eigenvalue weighted by molar-refractivity contribution is 0.802. The molecule has 0 aromatic carbocycles. The molecule has 0 amide bonds. The largest absolute Gasteiger partial charge is 0.317 e. The summed E-state index contributed by atoms with van der Waals surface area (Å²) >= 11 is 3.24. The van der Waals surface area contributed by atoms with E-state index in [9.17, 15) is 0 Å². The van der Waals surface area contributed by atoms with Crippen molar-refractivity contribution in [1.29, 1.82) is 0 Å². The van der Waals surface area contributed by atoms with Gasteiger partial charge in [-0.15, -0.1) is 22.7 Å². The first-order chi connectivity index (χ1) is 8.34. The summed E-state index contributed by atoms with van der Waals surface area (Å²) in [6.45, 7) is 0. The first kappa shape index (κ1) is 10.6. The van der Waals surface area contributed by atoms with Gasteiger partial charge in [-0.2, -0.15) is 5.10 Å². The van der Waals surface area contributed by atoms with Gasteiger partial charge < -0.3 is 5.73 Å². The summed E-state index contributed by atoms with van der Waals surface area (Å²) in [5.41, 5.74) is 6.11. The maximum absolute atomic E-state index is 6.11. The SMILES string of the molecule is NC(c1nc(-c2cccs2)n[nH]1)c1cccs1. The van der Waals surface area contributed by atoms with Crippen molar-refractivity contribution < 1.29 is 0 Å². The summed E-state index contributed by atoms with van der Waals surface area (Å²) in [6.07, 6.45) is 0. The average Bonchev–Trinajstić information content (AvgIpc) is 3.09. The number of rotatable bonds is 3. The summed E-state index contributed by atoms with van der Waals surface area (Å²) in [6, 6.07) is 7.74. The van der Waals surface area contributed by atoms with E-state index >= 15 is 0 Å². The lowest BCUT2D eigenvalue weighted by Gasteiger charge is -2.03. The molecule has 0 aliphatic rings. The number of aromatic nitrogens is 3. The van der Waals surface area contributed by atoms with Gasteiger partial charge in [0.25, 0.3) is 0 Å². The number of H-pyrrole nitrogens is 1. The van der Waals surface area contributed by atoms with Crippen LogP contribution in [0.5, 0.6) is 0 Å². The Balaban J connectivity index is 1.90. The van der Waals surface area contributed by atoms with Gasteiger partial charge in [0, 0.05) is 4.88 Å². The fourth-order valence-electron chi connectivity index (χ4n) is 1.53. The van der Waals surface area contributed by atoms with Gasteiger partial charge in [0.05, 0.1) is 10.9 Å². The van der Waals surface area contributed by atoms with Crippen LogP contribution in [0.4, 0.5) is 0 Å². The lowest BCUT2D eigenvalue weighted by Crippen LogP contribution is -2.11. The molecule has 3 rings (SSSR count). The summed E-state index contributed by atoms with van der Waals surface area (Å²) in [5, 5.41) is 11.1. The summed E-state index contributed by atoms with van der Waals surface area (Å²) in [5.74, 6) is 1.41. The molecular formula is C11H10N4S2. The van der Waals surface area contributed by atoms with E-state index in [0.717, 1.165) is 9.75 Å². The van der Waals surface area contributed by atoms with E-state index in [2.05, 4.69) is 15.2 Å². The summed E-state index contributed by atoms with van der Waals surface area (Å²) in [4.78, 5) is 6.56. The van der Waals surface area contributed by atoms with E-state index in [4.69, 9.17) is 5.73 Å². The Hall–Kier alpha value is -1.50. The molecule has 17 heavy (non-hydrogen) atoms. The predicted molar refractivity (Wildman–Crippen MR) is 70.0 cm³/mol. The van der Waals surface area contributed by atoms with Gasteiger partial charge in [0.1, 0.15) is 5.82 Å². The minimum Gasteiger partial charge on any atom is -0.317 e. The van der Waals surface area contributed by atoms with Crippen molar-refractivity contribution in [1.82, 2.24) is 15.2 Å². The van der Waals surface area contributed by atoms with Crippen LogP contribution in [0, 0.1) is 0 Å². The number of nitrogens with one attached hydrogen (secondary N) is 1. The molecule has 0 aliphatic heterocycles. The Labute approximate surface area is 106 Å². The molecule has 0 saturated carbocycles. The van der Waals surface area contributed by atoms with Gasteiger partial charge in [0.2, 0.25) is 0 Å². The van der Waals surface area contributed by atoms with Crippen LogP contribution < -0.4 is 5.73 Å². The quantitative estimate of drug-likeness (QED) is 0.762. The van der Waals surface area contributed by atoms with Crippen molar-refractivity contribution in [3.8, 4) is 10.7 Å². The molecule has 0 bridgehead atoms. The second-order valence-electron chi connectivity index (χ2n) is 3.51. The molecule has 3 aromatic rings. The van der Waals surface area contributed by atoms with Gasteiger partial charge in [-0.3, -0.25) is 5.10 Å². The van der Waals surface area contributed by atoms with Crippen LogP contribution in [0.15, 0.2) is 35.0 Å². The Kier molecular flexibility index (Phi) is 2.76. The van der Waals surface area contributed by atoms with Crippen LogP contribution in [-0.2, 0) is 0 Å². The standard InChI is InChI=1S/C11H10N4S2/c12-9(7-3-1-5-16-7)11-13-10(14-15-11)8-4-2-6-17-8/h1-6,9H,12H2,(H,13,14,15). The fraction of sp³-hybridized carbons (Fsp3) is 0.0909. The Morgan fingerprint density at radius 2 is 2.00 bits per heavy atom. The minimum atomic E-state index is -0.226. The van der Waals surface area contributed by atoms with Crippen molar-refractivity contribution >= 4 is 22.7 Å². The van der Waals surface area contributed by atoms with Crippen LogP contribution in [0.3, 0.4) is 0 Å². The Bertz CT molecular complexity index is 583. The van der Waals surface area contributed by atoms with E-state index in [0.29, 0.717) is 11.6 Å². The predicted octanol–water partition coefficient (Wildman–Crippen LogP) is 2.64. The van der Waals surface area contributed by atoms with Crippen molar-refractivity contribution in [2.45, 2.75) is 6.04 Å². The topological polar surface area (TPSA) is 67.6 Å². The van der Waals surface area contributed by atoms with E-state index in [-0.39, 0.29) is 6.04 Å². The molecule has 1 unspecified atom stereocenters. The molecular weight excluding hydrogens is 252 g/mol. The first-order valence-electron chi connectivity index (χ1n) is 5.10. The van der Waals surface area contributed by atoms with E-state index in [1.54, 1.807) is 22.7 Å². The average molecular weight is 262 g/mol. The number of nitrogens with zero attached hydrogens (tertiary/aromatic N) is 2. The molecule has 3 heterocycles. The summed E-state index contributed by atoms with van der Waals surface area (Å²) in [7, 11) is 0. The van der Waals surface area contributed by atoms with Crippen molar-refractivity contribution in [2.75, 3.05) is 0 Å². The maximum atomic E-state index is 6.11. The van der Waals surface area contributed by atoms with Crippen molar-refractivity contribution in [3.63, 3.8) is 0 Å². The molecule has 6 heteroatoms. The zero-order valence-electron chi connectivity index (χ0n) is 8.83. The van der Waals surface area contributed by atoms with Gasteiger partial charge in [-0.1, -0.05) is 12.1 Å². The molecule has 3 N–H and O–H groups in total. The van der Waals surface area contributed by atoms with Gasteiger partial charge in [0.15, 0.2) is 5.82 Å². The Morgan fingerprint density at radius 3 is 2.71 bits per heavy atom. The Morgan fingerprint density at radius 1 is 1.18 bits per heavy atom. The summed E-state index contributed by atoms with van der Waals surface area (Å²) < 4.78 is 0. The third-order valence-electron chi connectivity index (χ3n) is 2.39. The molecule has 0 aliphatic carbocycles. The highest BCUT2D eigenvalue weighted by Crippen LogP contribution is 2.25. The molecule has 0 spiro atoms. The first-order valence-corrected chi connectivity index (χ1v) is 6.85. The highest BCUT2D eigenvalue weighted by molar-refractivity contribution is 7.13. The van der Waals surface area contributed by atoms with Crippen LogP contribution in [0.25, 0.3) is 10.7 Å². The normalized spacial score (nSPS) is 12.8. The van der Waals surface area contributed by atoms with Crippen LogP contribution in [0.1, 0.15) is 16.7 Å². The van der Waals surface area contributed by atoms with E-state index in [1.807, 2.05) is 35.0 Å². The van der Waals surface area contributed by atoms with Gasteiger partial charge in [-0.05, 0) is 22.9 Å². The smallest absolute Gasteiger partial charge is 0.191 e. The van der Waals surface area contributed by atoms with Crippen molar-refractivity contribution in [2.24, 2.45) is 5.73 Å². The second kappa shape index (κ2) is 4.40. The zero-order chi connectivity index (χ0) is 11.7. The monoisotopic (exact) mass is 262 g/mol.